The smallest absolute Gasteiger partial charge is 0.250 e. The number of nitrogens with zero attached hydrogens (tertiary/aromatic N) is 2. The first-order valence-electron chi connectivity index (χ1n) is 11.9. The average molecular weight is 573 g/mol. The molecular weight excluding hydrogens is 550 g/mol. The second-order valence-electron chi connectivity index (χ2n) is 9.16. The Morgan fingerprint density at radius 2 is 1.82 bits per heavy atom. The highest BCUT2D eigenvalue weighted by Gasteiger charge is 2.39. The Labute approximate surface area is 225 Å². The Morgan fingerprint density at radius 1 is 1.10 bits per heavy atom. The van der Waals surface area contributed by atoms with E-state index >= 15 is 4.39 Å². The maximum atomic E-state index is 15.2. The van der Waals surface area contributed by atoms with Crippen molar-refractivity contribution in [3.8, 4) is 11.1 Å². The van der Waals surface area contributed by atoms with Crippen LogP contribution in [0.2, 0.25) is 0 Å². The minimum atomic E-state index is -4.49. The SMILES string of the molecule is Cn1ccc(-c2cc(F)c3nc(C(C(=O)NCC(=O)NC4CC4)S(=O)(=O)c4ccc(F)cc4)sc3c2)cc1=O. The van der Waals surface area contributed by atoms with Gasteiger partial charge in [0.25, 0.3) is 5.56 Å². The van der Waals surface area contributed by atoms with Crippen molar-refractivity contribution in [1.29, 1.82) is 0 Å². The van der Waals surface area contributed by atoms with Gasteiger partial charge in [0.2, 0.25) is 11.8 Å². The van der Waals surface area contributed by atoms with Crippen molar-refractivity contribution in [3.63, 3.8) is 0 Å². The maximum absolute atomic E-state index is 15.2. The van der Waals surface area contributed by atoms with Gasteiger partial charge in [-0.25, -0.2) is 22.2 Å². The van der Waals surface area contributed by atoms with Gasteiger partial charge in [0.1, 0.15) is 16.3 Å². The lowest BCUT2D eigenvalue weighted by Gasteiger charge is -2.16. The summed E-state index contributed by atoms with van der Waals surface area (Å²) >= 11 is 0.795. The molecule has 4 aromatic rings. The number of aromatic nitrogens is 2. The summed E-state index contributed by atoms with van der Waals surface area (Å²) in [5.74, 6) is -2.95. The molecule has 2 N–H and O–H groups in total. The highest BCUT2D eigenvalue weighted by atomic mass is 32.2. The van der Waals surface area contributed by atoms with Gasteiger partial charge in [-0.05, 0) is 66.4 Å². The monoisotopic (exact) mass is 572 g/mol. The summed E-state index contributed by atoms with van der Waals surface area (Å²) in [6.07, 6.45) is 3.20. The number of aryl methyl sites for hydroxylation is 1. The molecule has 1 aliphatic carbocycles. The molecule has 202 valence electrons. The zero-order valence-corrected chi connectivity index (χ0v) is 22.1. The number of halogens is 2. The largest absolute Gasteiger partial charge is 0.352 e. The van der Waals surface area contributed by atoms with Crippen molar-refractivity contribution in [2.45, 2.75) is 29.0 Å². The van der Waals surface area contributed by atoms with E-state index in [1.807, 2.05) is 0 Å². The number of amides is 2. The van der Waals surface area contributed by atoms with Crippen molar-refractivity contribution < 1.29 is 26.8 Å². The summed E-state index contributed by atoms with van der Waals surface area (Å²) in [6, 6.07) is 9.66. The van der Waals surface area contributed by atoms with E-state index in [0.29, 0.717) is 11.1 Å². The van der Waals surface area contributed by atoms with Crippen molar-refractivity contribution in [2.75, 3.05) is 6.54 Å². The fraction of sp³-hybridized carbons (Fsp3) is 0.231. The predicted octanol–water partition coefficient (Wildman–Crippen LogP) is 2.85. The first-order chi connectivity index (χ1) is 18.5. The highest BCUT2D eigenvalue weighted by molar-refractivity contribution is 7.92. The second-order valence-corrected chi connectivity index (χ2v) is 12.3. The van der Waals surface area contributed by atoms with Crippen LogP contribution in [0.15, 0.2) is 64.4 Å². The molecule has 1 atom stereocenters. The van der Waals surface area contributed by atoms with Crippen LogP contribution in [0.25, 0.3) is 21.3 Å². The fourth-order valence-corrected chi connectivity index (χ4v) is 6.92. The number of rotatable bonds is 8. The van der Waals surface area contributed by atoms with Crippen molar-refractivity contribution >= 4 is 43.2 Å². The molecule has 0 aliphatic heterocycles. The summed E-state index contributed by atoms with van der Waals surface area (Å²) in [6.45, 7) is -0.461. The Bertz CT molecular complexity index is 1760. The number of carbonyl (C=O) groups is 2. The van der Waals surface area contributed by atoms with Crippen LogP contribution in [0.1, 0.15) is 23.1 Å². The maximum Gasteiger partial charge on any atom is 0.250 e. The Kier molecular flexibility index (Phi) is 7.03. The zero-order chi connectivity index (χ0) is 27.9. The van der Waals surface area contributed by atoms with Crippen LogP contribution in [0, 0.1) is 11.6 Å². The van der Waals surface area contributed by atoms with Gasteiger partial charge in [0.15, 0.2) is 20.9 Å². The summed E-state index contributed by atoms with van der Waals surface area (Å²) < 4.78 is 57.4. The fourth-order valence-electron chi connectivity index (χ4n) is 3.93. The molecule has 39 heavy (non-hydrogen) atoms. The van der Waals surface area contributed by atoms with Gasteiger partial charge < -0.3 is 15.2 Å². The number of pyridine rings is 1. The third-order valence-corrected chi connectivity index (χ3v) is 9.39. The van der Waals surface area contributed by atoms with Gasteiger partial charge >= 0.3 is 0 Å². The summed E-state index contributed by atoms with van der Waals surface area (Å²) in [4.78, 5) is 41.2. The molecule has 2 aromatic heterocycles. The highest BCUT2D eigenvalue weighted by Crippen LogP contribution is 2.37. The molecule has 5 rings (SSSR count). The lowest BCUT2D eigenvalue weighted by Crippen LogP contribution is -2.41. The molecule has 2 amide bonds. The minimum Gasteiger partial charge on any atom is -0.352 e. The van der Waals surface area contributed by atoms with E-state index in [4.69, 9.17) is 0 Å². The number of carbonyl (C=O) groups excluding carboxylic acids is 2. The molecule has 9 nitrogen and oxygen atoms in total. The summed E-state index contributed by atoms with van der Waals surface area (Å²) in [5.41, 5.74) is 0.364. The van der Waals surface area contributed by atoms with Crippen LogP contribution in [-0.2, 0) is 26.5 Å². The van der Waals surface area contributed by atoms with Crippen molar-refractivity contribution in [1.82, 2.24) is 20.2 Å². The molecule has 1 fully saturated rings. The van der Waals surface area contributed by atoms with Crippen LogP contribution in [0.4, 0.5) is 8.78 Å². The van der Waals surface area contributed by atoms with Crippen LogP contribution in [-0.4, -0.2) is 42.4 Å². The number of fused-ring (bicyclic) bond motifs is 1. The van der Waals surface area contributed by atoms with Crippen LogP contribution < -0.4 is 16.2 Å². The number of thiazole rings is 1. The molecule has 13 heteroatoms. The third-order valence-electron chi connectivity index (χ3n) is 6.18. The van der Waals surface area contributed by atoms with Gasteiger partial charge in [-0.1, -0.05) is 0 Å². The third kappa shape index (κ3) is 5.59. The van der Waals surface area contributed by atoms with E-state index in [1.165, 1.54) is 22.9 Å². The topological polar surface area (TPSA) is 127 Å². The van der Waals surface area contributed by atoms with Gasteiger partial charge in [0.05, 0.1) is 16.1 Å². The lowest BCUT2D eigenvalue weighted by molar-refractivity contribution is -0.126. The summed E-state index contributed by atoms with van der Waals surface area (Å²) in [5, 5.41) is 2.88. The Morgan fingerprint density at radius 3 is 2.49 bits per heavy atom. The Hall–Kier alpha value is -3.97. The first kappa shape index (κ1) is 26.6. The molecule has 0 spiro atoms. The van der Waals surface area contributed by atoms with Gasteiger partial charge in [-0.3, -0.25) is 14.4 Å². The zero-order valence-electron chi connectivity index (χ0n) is 20.5. The molecule has 1 unspecified atom stereocenters. The van der Waals surface area contributed by atoms with Crippen molar-refractivity contribution in [3.05, 3.63) is 81.7 Å². The number of hydrogen-bond donors (Lipinski definition) is 2. The van der Waals surface area contributed by atoms with E-state index in [1.54, 1.807) is 19.2 Å². The van der Waals surface area contributed by atoms with E-state index in [0.717, 1.165) is 48.4 Å². The van der Waals surface area contributed by atoms with E-state index < -0.39 is 45.1 Å². The molecule has 0 saturated heterocycles. The predicted molar refractivity (Wildman–Crippen MR) is 141 cm³/mol. The van der Waals surface area contributed by atoms with E-state index in [-0.39, 0.29) is 31.7 Å². The normalized spacial score (nSPS) is 14.2. The molecule has 0 radical (unpaired) electrons. The van der Waals surface area contributed by atoms with E-state index in [2.05, 4.69) is 15.6 Å². The number of benzene rings is 2. The number of nitrogens with one attached hydrogen (secondary N) is 2. The van der Waals surface area contributed by atoms with Crippen LogP contribution >= 0.6 is 11.3 Å². The molecule has 0 bridgehead atoms. The quantitative estimate of drug-likeness (QED) is 0.313. The number of hydrogen-bond acceptors (Lipinski definition) is 7. The minimum absolute atomic E-state index is 0.0411. The molecular formula is C26H22F2N4O5S2. The molecule has 2 aromatic carbocycles. The van der Waals surface area contributed by atoms with Gasteiger partial charge in [-0.15, -0.1) is 11.3 Å². The van der Waals surface area contributed by atoms with Crippen LogP contribution in [0.3, 0.4) is 0 Å². The standard InChI is InChI=1S/C26H22F2N4O5S2/c1-32-9-8-14(12-22(32)34)15-10-19(28)23-20(11-15)38-26(31-23)24(25(35)29-13-21(33)30-17-4-5-17)39(36,37)18-6-2-16(27)3-7-18/h2-3,6-12,17,24H,4-5,13H2,1H3,(H,29,35)(H,30,33). The summed E-state index contributed by atoms with van der Waals surface area (Å²) in [7, 11) is -2.91. The van der Waals surface area contributed by atoms with Crippen LogP contribution in [0.5, 0.6) is 0 Å². The lowest BCUT2D eigenvalue weighted by atomic mass is 10.1. The molecule has 1 saturated carbocycles. The second kappa shape index (κ2) is 10.3. The first-order valence-corrected chi connectivity index (χ1v) is 14.2. The Balaban J connectivity index is 1.55. The average Bonchev–Trinajstić information content (AvgIpc) is 3.60. The van der Waals surface area contributed by atoms with E-state index in [9.17, 15) is 27.2 Å². The number of sulfone groups is 1. The van der Waals surface area contributed by atoms with Gasteiger partial charge in [0, 0.05) is 25.4 Å². The molecule has 2 heterocycles. The van der Waals surface area contributed by atoms with Crippen molar-refractivity contribution in [2.24, 2.45) is 7.05 Å². The molecule has 1 aliphatic rings. The van der Waals surface area contributed by atoms with Gasteiger partial charge in [-0.2, -0.15) is 0 Å².